The Bertz CT molecular complexity index is 409. The van der Waals surface area contributed by atoms with Gasteiger partial charge in [-0.2, -0.15) is 0 Å². The average molecular weight is 301 g/mol. The summed E-state index contributed by atoms with van der Waals surface area (Å²) < 4.78 is 13.9. The molecule has 0 bridgehead atoms. The summed E-state index contributed by atoms with van der Waals surface area (Å²) >= 11 is 3.26. The van der Waals surface area contributed by atoms with Gasteiger partial charge in [-0.1, -0.05) is 6.92 Å². The van der Waals surface area contributed by atoms with Gasteiger partial charge in [0, 0.05) is 31.4 Å². The molecule has 4 heteroatoms. The second-order valence-corrected chi connectivity index (χ2v) is 5.41. The number of hydrogen-bond donors (Lipinski definition) is 1. The second kappa shape index (κ2) is 5.36. The van der Waals surface area contributed by atoms with Crippen LogP contribution in [-0.4, -0.2) is 25.7 Å². The van der Waals surface area contributed by atoms with E-state index < -0.39 is 0 Å². The largest absolute Gasteiger partial charge is 0.368 e. The van der Waals surface area contributed by atoms with Crippen LogP contribution >= 0.6 is 15.9 Å². The van der Waals surface area contributed by atoms with Crippen molar-refractivity contribution in [1.82, 2.24) is 5.32 Å². The molecule has 1 atom stereocenters. The Morgan fingerprint density at radius 1 is 1.53 bits per heavy atom. The molecule has 1 aromatic carbocycles. The fraction of sp³-hybridized carbons (Fsp3) is 0.538. The second-order valence-electron chi connectivity index (χ2n) is 4.56. The Morgan fingerprint density at radius 3 is 3.00 bits per heavy atom. The molecular weight excluding hydrogens is 283 g/mol. The maximum atomic E-state index is 13.4. The van der Waals surface area contributed by atoms with Crippen molar-refractivity contribution >= 4 is 21.6 Å². The first-order valence-corrected chi connectivity index (χ1v) is 6.85. The summed E-state index contributed by atoms with van der Waals surface area (Å²) in [6.45, 7) is 7.13. The SMILES string of the molecule is CCC1CN(c2cc(Br)c(F)cc2C)CCN1. The van der Waals surface area contributed by atoms with Gasteiger partial charge in [0.05, 0.1) is 4.47 Å². The van der Waals surface area contributed by atoms with E-state index in [1.807, 2.05) is 13.0 Å². The number of anilines is 1. The van der Waals surface area contributed by atoms with Crippen molar-refractivity contribution in [2.45, 2.75) is 26.3 Å². The van der Waals surface area contributed by atoms with E-state index in [0.29, 0.717) is 10.5 Å². The quantitative estimate of drug-likeness (QED) is 0.903. The molecular formula is C13H18BrFN2. The van der Waals surface area contributed by atoms with Crippen molar-refractivity contribution < 1.29 is 4.39 Å². The molecule has 0 aliphatic carbocycles. The van der Waals surface area contributed by atoms with E-state index in [1.54, 1.807) is 6.07 Å². The Labute approximate surface area is 110 Å². The standard InChI is InChI=1S/C13H18BrFN2/c1-3-10-8-17(5-4-16-10)13-7-11(14)12(15)6-9(13)2/h6-7,10,16H,3-5,8H2,1-2H3. The smallest absolute Gasteiger partial charge is 0.137 e. The van der Waals surface area contributed by atoms with E-state index in [2.05, 4.69) is 33.1 Å². The van der Waals surface area contributed by atoms with Crippen molar-refractivity contribution in [1.29, 1.82) is 0 Å². The molecule has 2 nitrogen and oxygen atoms in total. The minimum Gasteiger partial charge on any atom is -0.368 e. The summed E-state index contributed by atoms with van der Waals surface area (Å²) in [6.07, 6.45) is 1.12. The molecule has 1 unspecified atom stereocenters. The minimum atomic E-state index is -0.187. The molecule has 1 aliphatic rings. The number of rotatable bonds is 2. The first-order chi connectivity index (χ1) is 8.11. The lowest BCUT2D eigenvalue weighted by Gasteiger charge is -2.35. The maximum Gasteiger partial charge on any atom is 0.137 e. The third-order valence-corrected chi connectivity index (χ3v) is 3.94. The average Bonchev–Trinajstić information content (AvgIpc) is 2.34. The summed E-state index contributed by atoms with van der Waals surface area (Å²) in [6, 6.07) is 4.03. The highest BCUT2D eigenvalue weighted by Crippen LogP contribution is 2.28. The van der Waals surface area contributed by atoms with E-state index in [9.17, 15) is 4.39 Å². The predicted octanol–water partition coefficient (Wildman–Crippen LogP) is 3.08. The van der Waals surface area contributed by atoms with Gasteiger partial charge < -0.3 is 10.2 Å². The first-order valence-electron chi connectivity index (χ1n) is 6.05. The highest BCUT2D eigenvalue weighted by Gasteiger charge is 2.20. The van der Waals surface area contributed by atoms with Gasteiger partial charge in [0.2, 0.25) is 0 Å². The fourth-order valence-electron chi connectivity index (χ4n) is 2.29. The highest BCUT2D eigenvalue weighted by atomic mass is 79.9. The number of nitrogens with zero attached hydrogens (tertiary/aromatic N) is 1. The van der Waals surface area contributed by atoms with E-state index in [4.69, 9.17) is 0 Å². The molecule has 1 aliphatic heterocycles. The lowest BCUT2D eigenvalue weighted by atomic mass is 10.1. The molecule has 1 aromatic rings. The van der Waals surface area contributed by atoms with Gasteiger partial charge in [0.1, 0.15) is 5.82 Å². The van der Waals surface area contributed by atoms with Crippen molar-refractivity contribution in [3.05, 3.63) is 28.0 Å². The molecule has 1 fully saturated rings. The van der Waals surface area contributed by atoms with Crippen LogP contribution in [-0.2, 0) is 0 Å². The molecule has 94 valence electrons. The minimum absolute atomic E-state index is 0.187. The molecule has 0 amide bonds. The van der Waals surface area contributed by atoms with Crippen LogP contribution in [0.4, 0.5) is 10.1 Å². The molecule has 0 saturated carbocycles. The highest BCUT2D eigenvalue weighted by molar-refractivity contribution is 9.10. The Balaban J connectivity index is 2.24. The molecule has 1 heterocycles. The summed E-state index contributed by atoms with van der Waals surface area (Å²) in [5.74, 6) is -0.187. The van der Waals surface area contributed by atoms with Crippen molar-refractivity contribution in [3.8, 4) is 0 Å². The monoisotopic (exact) mass is 300 g/mol. The van der Waals surface area contributed by atoms with Crippen molar-refractivity contribution in [2.75, 3.05) is 24.5 Å². The zero-order chi connectivity index (χ0) is 12.4. The van der Waals surface area contributed by atoms with Crippen LogP contribution < -0.4 is 10.2 Å². The Kier molecular flexibility index (Phi) is 4.05. The van der Waals surface area contributed by atoms with Crippen LogP contribution in [0.2, 0.25) is 0 Å². The number of piperazine rings is 1. The molecule has 1 N–H and O–H groups in total. The van der Waals surface area contributed by atoms with Gasteiger partial charge in [0.15, 0.2) is 0 Å². The zero-order valence-electron chi connectivity index (χ0n) is 10.3. The zero-order valence-corrected chi connectivity index (χ0v) is 11.8. The predicted molar refractivity (Wildman–Crippen MR) is 73.1 cm³/mol. The van der Waals surface area contributed by atoms with E-state index in [0.717, 1.165) is 37.3 Å². The number of nitrogens with one attached hydrogen (secondary N) is 1. The third kappa shape index (κ3) is 2.80. The van der Waals surface area contributed by atoms with Crippen molar-refractivity contribution in [2.24, 2.45) is 0 Å². The first kappa shape index (κ1) is 12.8. The van der Waals surface area contributed by atoms with Crippen LogP contribution in [0, 0.1) is 12.7 Å². The third-order valence-electron chi connectivity index (χ3n) is 3.33. The molecule has 2 rings (SSSR count). The summed E-state index contributed by atoms with van der Waals surface area (Å²) in [5, 5.41) is 3.49. The Hall–Kier alpha value is -0.610. The molecule has 1 saturated heterocycles. The van der Waals surface area contributed by atoms with Gasteiger partial charge in [-0.3, -0.25) is 0 Å². The lowest BCUT2D eigenvalue weighted by molar-refractivity contribution is 0.446. The normalized spacial score (nSPS) is 20.7. The molecule has 0 radical (unpaired) electrons. The van der Waals surface area contributed by atoms with Gasteiger partial charge in [0.25, 0.3) is 0 Å². The van der Waals surface area contributed by atoms with Crippen LogP contribution in [0.15, 0.2) is 16.6 Å². The van der Waals surface area contributed by atoms with Crippen LogP contribution in [0.1, 0.15) is 18.9 Å². The van der Waals surface area contributed by atoms with Crippen LogP contribution in [0.3, 0.4) is 0 Å². The van der Waals surface area contributed by atoms with Crippen molar-refractivity contribution in [3.63, 3.8) is 0 Å². The fourth-order valence-corrected chi connectivity index (χ4v) is 2.63. The lowest BCUT2D eigenvalue weighted by Crippen LogP contribution is -2.50. The topological polar surface area (TPSA) is 15.3 Å². The summed E-state index contributed by atoms with van der Waals surface area (Å²) in [5.41, 5.74) is 2.14. The van der Waals surface area contributed by atoms with E-state index in [1.165, 1.54) is 0 Å². The van der Waals surface area contributed by atoms with Gasteiger partial charge in [-0.05, 0) is 47.0 Å². The number of halogens is 2. The molecule has 0 spiro atoms. The van der Waals surface area contributed by atoms with Gasteiger partial charge >= 0.3 is 0 Å². The van der Waals surface area contributed by atoms with E-state index >= 15 is 0 Å². The van der Waals surface area contributed by atoms with Crippen LogP contribution in [0.5, 0.6) is 0 Å². The molecule has 0 aromatic heterocycles. The van der Waals surface area contributed by atoms with Gasteiger partial charge in [-0.15, -0.1) is 0 Å². The molecule has 17 heavy (non-hydrogen) atoms. The van der Waals surface area contributed by atoms with E-state index in [-0.39, 0.29) is 5.82 Å². The van der Waals surface area contributed by atoms with Gasteiger partial charge in [-0.25, -0.2) is 4.39 Å². The summed E-state index contributed by atoms with van der Waals surface area (Å²) in [4.78, 5) is 2.34. The van der Waals surface area contributed by atoms with Crippen LogP contribution in [0.25, 0.3) is 0 Å². The number of aryl methyl sites for hydroxylation is 1. The Morgan fingerprint density at radius 2 is 2.29 bits per heavy atom. The number of benzene rings is 1. The number of hydrogen-bond acceptors (Lipinski definition) is 2. The maximum absolute atomic E-state index is 13.4. The summed E-state index contributed by atoms with van der Waals surface area (Å²) in [7, 11) is 0.